The predicted molar refractivity (Wildman–Crippen MR) is 114 cm³/mol. The first-order valence-electron chi connectivity index (χ1n) is 10.7. The largest absolute Gasteiger partial charge is 0.351 e. The summed E-state index contributed by atoms with van der Waals surface area (Å²) in [4.78, 5) is 33.1. The summed E-state index contributed by atoms with van der Waals surface area (Å²) in [5.74, 6) is -0.175. The SMILES string of the molecule is O=C(NCCN1CCCC1)c1cccn2c(=O)c3cc4c(cc3nc12)CCCC4. The Morgan fingerprint density at radius 1 is 1.07 bits per heavy atom. The average molecular weight is 390 g/mol. The molecule has 1 amide bonds. The third-order valence-electron chi connectivity index (χ3n) is 6.26. The zero-order valence-electron chi connectivity index (χ0n) is 16.6. The molecule has 1 aromatic carbocycles. The first-order valence-corrected chi connectivity index (χ1v) is 10.7. The highest BCUT2D eigenvalue weighted by atomic mass is 16.2. The van der Waals surface area contributed by atoms with Crippen LogP contribution in [-0.4, -0.2) is 46.4 Å². The van der Waals surface area contributed by atoms with Crippen LogP contribution in [-0.2, 0) is 12.8 Å². The molecule has 2 aliphatic rings. The molecule has 0 bridgehead atoms. The van der Waals surface area contributed by atoms with E-state index in [1.165, 1.54) is 41.2 Å². The lowest BCUT2D eigenvalue weighted by Crippen LogP contribution is -2.34. The molecule has 6 heteroatoms. The molecule has 6 nitrogen and oxygen atoms in total. The standard InChI is InChI=1S/C23H26N4O2/c28-22(24-9-13-26-10-3-4-11-26)18-8-5-12-27-21(18)25-20-15-17-7-2-1-6-16(17)14-19(20)23(27)29/h5,8,12,14-15H,1-4,6-7,9-11,13H2,(H,24,28). The van der Waals surface area contributed by atoms with Gasteiger partial charge in [0.05, 0.1) is 16.5 Å². The highest BCUT2D eigenvalue weighted by Gasteiger charge is 2.18. The second-order valence-corrected chi connectivity index (χ2v) is 8.18. The number of nitrogens with one attached hydrogen (secondary N) is 1. The van der Waals surface area contributed by atoms with Gasteiger partial charge in [-0.15, -0.1) is 0 Å². The summed E-state index contributed by atoms with van der Waals surface area (Å²) >= 11 is 0. The predicted octanol–water partition coefficient (Wildman–Crippen LogP) is 2.55. The van der Waals surface area contributed by atoms with Crippen LogP contribution in [0.1, 0.15) is 47.2 Å². The Bertz CT molecular complexity index is 1150. The van der Waals surface area contributed by atoms with E-state index in [-0.39, 0.29) is 11.5 Å². The van der Waals surface area contributed by atoms with E-state index in [1.54, 1.807) is 18.3 Å². The maximum Gasteiger partial charge on any atom is 0.265 e. The number of rotatable bonds is 4. The average Bonchev–Trinajstić information content (AvgIpc) is 3.26. The van der Waals surface area contributed by atoms with Crippen molar-refractivity contribution in [1.82, 2.24) is 19.6 Å². The molecule has 0 atom stereocenters. The van der Waals surface area contributed by atoms with Gasteiger partial charge in [-0.25, -0.2) is 4.98 Å². The summed E-state index contributed by atoms with van der Waals surface area (Å²) in [7, 11) is 0. The van der Waals surface area contributed by atoms with Gasteiger partial charge in [0.15, 0.2) is 5.65 Å². The van der Waals surface area contributed by atoms with Crippen molar-refractivity contribution in [3.05, 3.63) is 57.5 Å². The van der Waals surface area contributed by atoms with Crippen molar-refractivity contribution < 1.29 is 4.79 Å². The molecule has 0 unspecified atom stereocenters. The van der Waals surface area contributed by atoms with E-state index < -0.39 is 0 Å². The van der Waals surface area contributed by atoms with Crippen LogP contribution in [0, 0.1) is 0 Å². The first kappa shape index (κ1) is 18.3. The van der Waals surface area contributed by atoms with Crippen LogP contribution in [0.15, 0.2) is 35.3 Å². The number of carbonyl (C=O) groups excluding carboxylic acids is 1. The number of likely N-dealkylation sites (tertiary alicyclic amines) is 1. The second kappa shape index (κ2) is 7.59. The molecule has 0 radical (unpaired) electrons. The molecule has 1 aliphatic heterocycles. The molecule has 1 saturated heterocycles. The Morgan fingerprint density at radius 2 is 1.83 bits per heavy atom. The number of pyridine rings is 1. The maximum atomic E-state index is 13.1. The van der Waals surface area contributed by atoms with Crippen LogP contribution in [0.2, 0.25) is 0 Å². The van der Waals surface area contributed by atoms with Gasteiger partial charge in [0.1, 0.15) is 0 Å². The topological polar surface area (TPSA) is 66.7 Å². The van der Waals surface area contributed by atoms with Crippen LogP contribution in [0.4, 0.5) is 0 Å². The van der Waals surface area contributed by atoms with E-state index in [4.69, 9.17) is 4.98 Å². The Kier molecular flexibility index (Phi) is 4.79. The third kappa shape index (κ3) is 3.42. The fourth-order valence-electron chi connectivity index (χ4n) is 4.66. The zero-order chi connectivity index (χ0) is 19.8. The van der Waals surface area contributed by atoms with Gasteiger partial charge in [-0.3, -0.25) is 14.0 Å². The second-order valence-electron chi connectivity index (χ2n) is 8.18. The normalized spacial score (nSPS) is 17.0. The quantitative estimate of drug-likeness (QED) is 0.696. The molecule has 0 saturated carbocycles. The van der Waals surface area contributed by atoms with Crippen molar-refractivity contribution in [3.63, 3.8) is 0 Å². The van der Waals surface area contributed by atoms with Gasteiger partial charge >= 0.3 is 0 Å². The number of hydrogen-bond acceptors (Lipinski definition) is 4. The molecule has 1 N–H and O–H groups in total. The molecule has 150 valence electrons. The highest BCUT2D eigenvalue weighted by Crippen LogP contribution is 2.25. The van der Waals surface area contributed by atoms with E-state index in [0.717, 1.165) is 32.5 Å². The number of fused-ring (bicyclic) bond motifs is 3. The lowest BCUT2D eigenvalue weighted by Gasteiger charge is -2.17. The van der Waals surface area contributed by atoms with Crippen molar-refractivity contribution in [1.29, 1.82) is 0 Å². The van der Waals surface area contributed by atoms with Gasteiger partial charge in [-0.1, -0.05) is 0 Å². The zero-order valence-corrected chi connectivity index (χ0v) is 16.6. The summed E-state index contributed by atoms with van der Waals surface area (Å²) in [6.07, 6.45) is 8.57. The Morgan fingerprint density at radius 3 is 2.62 bits per heavy atom. The number of amides is 1. The van der Waals surface area contributed by atoms with Crippen LogP contribution in [0.25, 0.3) is 16.6 Å². The van der Waals surface area contributed by atoms with Crippen LogP contribution in [0.3, 0.4) is 0 Å². The third-order valence-corrected chi connectivity index (χ3v) is 6.26. The molecule has 3 heterocycles. The fraction of sp³-hybridized carbons (Fsp3) is 0.435. The number of benzene rings is 1. The Labute approximate surface area is 169 Å². The minimum absolute atomic E-state index is 0.106. The first-order chi connectivity index (χ1) is 14.2. The van der Waals surface area contributed by atoms with Crippen molar-refractivity contribution >= 4 is 22.5 Å². The van der Waals surface area contributed by atoms with Gasteiger partial charge < -0.3 is 10.2 Å². The Hall–Kier alpha value is -2.73. The molecule has 2 aromatic heterocycles. The number of nitrogens with zero attached hydrogens (tertiary/aromatic N) is 3. The number of aromatic nitrogens is 2. The number of carbonyl (C=O) groups is 1. The number of hydrogen-bond donors (Lipinski definition) is 1. The summed E-state index contributed by atoms with van der Waals surface area (Å²) in [6.45, 7) is 3.68. The van der Waals surface area contributed by atoms with Crippen molar-refractivity contribution in [2.24, 2.45) is 0 Å². The van der Waals surface area contributed by atoms with E-state index in [1.807, 2.05) is 12.1 Å². The lowest BCUT2D eigenvalue weighted by molar-refractivity contribution is 0.0951. The van der Waals surface area contributed by atoms with Crippen molar-refractivity contribution in [2.45, 2.75) is 38.5 Å². The molecular formula is C23H26N4O2. The lowest BCUT2D eigenvalue weighted by atomic mass is 9.90. The molecule has 0 spiro atoms. The van der Waals surface area contributed by atoms with Gasteiger partial charge in [0, 0.05) is 19.3 Å². The van der Waals surface area contributed by atoms with Crippen LogP contribution >= 0.6 is 0 Å². The summed E-state index contributed by atoms with van der Waals surface area (Å²) in [5, 5.41) is 3.63. The summed E-state index contributed by atoms with van der Waals surface area (Å²) in [5.41, 5.74) is 4.01. The summed E-state index contributed by atoms with van der Waals surface area (Å²) in [6, 6.07) is 7.55. The Balaban J connectivity index is 1.50. The van der Waals surface area contributed by atoms with Gasteiger partial charge in [0.2, 0.25) is 0 Å². The monoisotopic (exact) mass is 390 g/mol. The van der Waals surface area contributed by atoms with Crippen LogP contribution < -0.4 is 10.9 Å². The van der Waals surface area contributed by atoms with E-state index in [9.17, 15) is 9.59 Å². The smallest absolute Gasteiger partial charge is 0.265 e. The minimum Gasteiger partial charge on any atom is -0.351 e. The molecule has 5 rings (SSSR count). The van der Waals surface area contributed by atoms with Crippen LogP contribution in [0.5, 0.6) is 0 Å². The maximum absolute atomic E-state index is 13.1. The molecule has 1 aliphatic carbocycles. The fourth-order valence-corrected chi connectivity index (χ4v) is 4.66. The molecule has 29 heavy (non-hydrogen) atoms. The van der Waals surface area contributed by atoms with Gasteiger partial charge in [-0.2, -0.15) is 0 Å². The van der Waals surface area contributed by atoms with E-state index >= 15 is 0 Å². The van der Waals surface area contributed by atoms with Crippen molar-refractivity contribution in [2.75, 3.05) is 26.2 Å². The molecule has 3 aromatic rings. The molecule has 1 fully saturated rings. The molecular weight excluding hydrogens is 364 g/mol. The minimum atomic E-state index is -0.175. The van der Waals surface area contributed by atoms with Crippen molar-refractivity contribution in [3.8, 4) is 0 Å². The summed E-state index contributed by atoms with van der Waals surface area (Å²) < 4.78 is 1.51. The van der Waals surface area contributed by atoms with E-state index in [2.05, 4.69) is 10.2 Å². The van der Waals surface area contributed by atoms with Gasteiger partial charge in [0.25, 0.3) is 11.5 Å². The van der Waals surface area contributed by atoms with E-state index in [0.29, 0.717) is 28.7 Å². The highest BCUT2D eigenvalue weighted by molar-refractivity contribution is 6.00. The van der Waals surface area contributed by atoms with Gasteiger partial charge in [-0.05, 0) is 87.0 Å². The number of aryl methyl sites for hydroxylation is 2.